The van der Waals surface area contributed by atoms with Crippen molar-refractivity contribution in [3.8, 4) is 0 Å². The zero-order valence-corrected chi connectivity index (χ0v) is 23.5. The van der Waals surface area contributed by atoms with Crippen LogP contribution in [0.25, 0.3) is 0 Å². The summed E-state index contributed by atoms with van der Waals surface area (Å²) >= 11 is 0. The Hall–Kier alpha value is -3.95. The van der Waals surface area contributed by atoms with Gasteiger partial charge in [0.25, 0.3) is 5.91 Å². The maximum atomic E-state index is 13.3. The SMILES string of the molecule is CC(C)(C)CC(=O)N1CCCN(c2ccc(C(=O)NC(CC(=O)O)c3cccnc3)cc2NC(=O)C2CC2)CC1. The number of carboxylic acid groups (broad SMARTS) is 1. The normalized spacial score (nSPS) is 16.6. The van der Waals surface area contributed by atoms with Crippen molar-refractivity contribution in [2.75, 3.05) is 36.4 Å². The van der Waals surface area contributed by atoms with E-state index in [-0.39, 0.29) is 29.6 Å². The van der Waals surface area contributed by atoms with Crippen molar-refractivity contribution < 1.29 is 24.3 Å². The van der Waals surface area contributed by atoms with Crippen LogP contribution in [0.4, 0.5) is 11.4 Å². The molecule has 214 valence electrons. The molecule has 10 heteroatoms. The maximum absolute atomic E-state index is 13.3. The Labute approximate surface area is 235 Å². The maximum Gasteiger partial charge on any atom is 0.305 e. The molecule has 2 heterocycles. The number of amides is 3. The summed E-state index contributed by atoms with van der Waals surface area (Å²) in [5.74, 6) is -1.44. The van der Waals surface area contributed by atoms with Crippen LogP contribution in [0.2, 0.25) is 0 Å². The van der Waals surface area contributed by atoms with Gasteiger partial charge in [-0.2, -0.15) is 0 Å². The number of nitrogens with one attached hydrogen (secondary N) is 2. The molecule has 2 aromatic rings. The van der Waals surface area contributed by atoms with Crippen LogP contribution >= 0.6 is 0 Å². The van der Waals surface area contributed by atoms with E-state index in [1.165, 1.54) is 6.20 Å². The smallest absolute Gasteiger partial charge is 0.305 e. The van der Waals surface area contributed by atoms with Crippen molar-refractivity contribution in [1.82, 2.24) is 15.2 Å². The van der Waals surface area contributed by atoms with E-state index in [0.717, 1.165) is 24.9 Å². The molecule has 10 nitrogen and oxygen atoms in total. The van der Waals surface area contributed by atoms with Gasteiger partial charge in [0.05, 0.1) is 23.8 Å². The molecule has 3 amide bonds. The number of aromatic nitrogens is 1. The van der Waals surface area contributed by atoms with E-state index in [4.69, 9.17) is 0 Å². The topological polar surface area (TPSA) is 132 Å². The largest absolute Gasteiger partial charge is 0.481 e. The first-order valence-corrected chi connectivity index (χ1v) is 13.9. The molecule has 0 radical (unpaired) electrons. The number of anilines is 2. The predicted octanol–water partition coefficient (Wildman–Crippen LogP) is 3.85. The fraction of sp³-hybridized carbons (Fsp3) is 0.500. The second kappa shape index (κ2) is 12.5. The second-order valence-corrected chi connectivity index (χ2v) is 11.9. The predicted molar refractivity (Wildman–Crippen MR) is 152 cm³/mol. The lowest BCUT2D eigenvalue weighted by Gasteiger charge is -2.27. The Morgan fingerprint density at radius 1 is 1.07 bits per heavy atom. The average Bonchev–Trinajstić information content (AvgIpc) is 3.75. The van der Waals surface area contributed by atoms with Crippen LogP contribution in [0.3, 0.4) is 0 Å². The Bertz CT molecular complexity index is 1240. The summed E-state index contributed by atoms with van der Waals surface area (Å²) in [6.45, 7) is 8.74. The minimum atomic E-state index is -1.04. The quantitative estimate of drug-likeness (QED) is 0.433. The molecular formula is C30H39N5O5. The van der Waals surface area contributed by atoms with Gasteiger partial charge in [-0.05, 0) is 54.5 Å². The summed E-state index contributed by atoms with van der Waals surface area (Å²) < 4.78 is 0. The van der Waals surface area contributed by atoms with Crippen LogP contribution in [-0.4, -0.2) is 64.9 Å². The van der Waals surface area contributed by atoms with Gasteiger partial charge in [0, 0.05) is 56.5 Å². The van der Waals surface area contributed by atoms with Gasteiger partial charge in [-0.1, -0.05) is 26.8 Å². The van der Waals surface area contributed by atoms with Crippen molar-refractivity contribution in [2.45, 2.75) is 58.9 Å². The summed E-state index contributed by atoms with van der Waals surface area (Å²) in [6.07, 6.45) is 5.79. The molecule has 40 heavy (non-hydrogen) atoms. The number of hydrogen-bond donors (Lipinski definition) is 3. The molecule has 1 aliphatic carbocycles. The van der Waals surface area contributed by atoms with E-state index in [2.05, 4.69) is 41.3 Å². The monoisotopic (exact) mass is 549 g/mol. The molecule has 0 spiro atoms. The number of carboxylic acids is 1. The highest BCUT2D eigenvalue weighted by Crippen LogP contribution is 2.34. The van der Waals surface area contributed by atoms with Crippen molar-refractivity contribution in [3.05, 3.63) is 53.9 Å². The van der Waals surface area contributed by atoms with Crippen LogP contribution in [0.15, 0.2) is 42.7 Å². The van der Waals surface area contributed by atoms with E-state index in [1.807, 2.05) is 11.0 Å². The second-order valence-electron chi connectivity index (χ2n) is 11.9. The number of aliphatic carboxylic acids is 1. The van der Waals surface area contributed by atoms with Gasteiger partial charge in [-0.15, -0.1) is 0 Å². The van der Waals surface area contributed by atoms with Crippen LogP contribution in [0.5, 0.6) is 0 Å². The third-order valence-corrected chi connectivity index (χ3v) is 7.11. The lowest BCUT2D eigenvalue weighted by Crippen LogP contribution is -2.37. The molecule has 3 N–H and O–H groups in total. The minimum absolute atomic E-state index is 0.0227. The Kier molecular flexibility index (Phi) is 9.07. The molecule has 2 aliphatic rings. The van der Waals surface area contributed by atoms with Crippen molar-refractivity contribution >= 4 is 35.1 Å². The summed E-state index contributed by atoms with van der Waals surface area (Å²) in [5, 5.41) is 15.2. The summed E-state index contributed by atoms with van der Waals surface area (Å²) in [6, 6.07) is 7.81. The number of hydrogen-bond acceptors (Lipinski definition) is 6. The number of benzene rings is 1. The lowest BCUT2D eigenvalue weighted by molar-refractivity contribution is -0.137. The third-order valence-electron chi connectivity index (χ3n) is 7.11. The molecular weight excluding hydrogens is 510 g/mol. The minimum Gasteiger partial charge on any atom is -0.481 e. The van der Waals surface area contributed by atoms with Gasteiger partial charge in [0.2, 0.25) is 11.8 Å². The van der Waals surface area contributed by atoms with Gasteiger partial charge in [-0.25, -0.2) is 0 Å². The summed E-state index contributed by atoms with van der Waals surface area (Å²) in [4.78, 5) is 58.5. The van der Waals surface area contributed by atoms with Crippen LogP contribution in [0, 0.1) is 11.3 Å². The lowest BCUT2D eigenvalue weighted by atomic mass is 9.91. The van der Waals surface area contributed by atoms with E-state index in [1.54, 1.807) is 30.5 Å². The summed E-state index contributed by atoms with van der Waals surface area (Å²) in [5.41, 5.74) is 2.15. The zero-order chi connectivity index (χ0) is 28.9. The Balaban J connectivity index is 1.54. The molecule has 0 bridgehead atoms. The van der Waals surface area contributed by atoms with Gasteiger partial charge < -0.3 is 25.5 Å². The number of carbonyl (C=O) groups is 4. The number of carbonyl (C=O) groups excluding carboxylic acids is 3. The van der Waals surface area contributed by atoms with Crippen LogP contribution in [-0.2, 0) is 14.4 Å². The van der Waals surface area contributed by atoms with Crippen LogP contribution in [0.1, 0.15) is 74.8 Å². The molecule has 1 saturated carbocycles. The average molecular weight is 550 g/mol. The molecule has 4 rings (SSSR count). The molecule has 1 aliphatic heterocycles. The fourth-order valence-corrected chi connectivity index (χ4v) is 4.86. The van der Waals surface area contributed by atoms with Gasteiger partial charge in [-0.3, -0.25) is 24.2 Å². The fourth-order valence-electron chi connectivity index (χ4n) is 4.86. The van der Waals surface area contributed by atoms with Crippen LogP contribution < -0.4 is 15.5 Å². The highest BCUT2D eigenvalue weighted by Gasteiger charge is 2.31. The molecule has 1 aromatic carbocycles. The van der Waals surface area contributed by atoms with Crippen molar-refractivity contribution in [3.63, 3.8) is 0 Å². The van der Waals surface area contributed by atoms with Gasteiger partial charge >= 0.3 is 5.97 Å². The van der Waals surface area contributed by atoms with Gasteiger partial charge in [0.15, 0.2) is 0 Å². The standard InChI is InChI=1S/C30H39N5O5/c1-30(2,3)18-26(36)35-13-5-12-34(14-15-35)25-10-9-21(16-24(25)33-28(39)20-7-8-20)29(40)32-23(17-27(37)38)22-6-4-11-31-19-22/h4,6,9-11,16,19-20,23H,5,7-8,12-15,17-18H2,1-3H3,(H,32,40)(H,33,39)(H,37,38). The van der Waals surface area contributed by atoms with Gasteiger partial charge in [0.1, 0.15) is 0 Å². The zero-order valence-electron chi connectivity index (χ0n) is 23.5. The highest BCUT2D eigenvalue weighted by molar-refractivity contribution is 6.01. The Morgan fingerprint density at radius 2 is 1.85 bits per heavy atom. The summed E-state index contributed by atoms with van der Waals surface area (Å²) in [7, 11) is 0. The first-order chi connectivity index (χ1) is 19.0. The highest BCUT2D eigenvalue weighted by atomic mass is 16.4. The molecule has 1 aromatic heterocycles. The molecule has 2 fully saturated rings. The first-order valence-electron chi connectivity index (χ1n) is 13.9. The molecule has 1 saturated heterocycles. The number of rotatable bonds is 9. The van der Waals surface area contributed by atoms with Crippen molar-refractivity contribution in [1.29, 1.82) is 0 Å². The third kappa shape index (κ3) is 8.03. The van der Waals surface area contributed by atoms with E-state index >= 15 is 0 Å². The van der Waals surface area contributed by atoms with E-state index < -0.39 is 17.9 Å². The van der Waals surface area contributed by atoms with E-state index in [0.29, 0.717) is 49.4 Å². The molecule has 1 unspecified atom stereocenters. The van der Waals surface area contributed by atoms with E-state index in [9.17, 15) is 24.3 Å². The Morgan fingerprint density at radius 3 is 2.50 bits per heavy atom. The molecule has 1 atom stereocenters. The number of pyridine rings is 1. The first kappa shape index (κ1) is 29.0. The van der Waals surface area contributed by atoms with Crippen molar-refractivity contribution in [2.24, 2.45) is 11.3 Å². The number of nitrogens with zero attached hydrogens (tertiary/aromatic N) is 3.